The van der Waals surface area contributed by atoms with Crippen molar-refractivity contribution in [3.8, 4) is 0 Å². The number of ether oxygens (including phenoxy) is 2. The first kappa shape index (κ1) is 25.5. The van der Waals surface area contributed by atoms with Gasteiger partial charge in [-0.25, -0.2) is 0 Å². The summed E-state index contributed by atoms with van der Waals surface area (Å²) in [5, 5.41) is 10.4. The molecule has 8 heteroatoms. The summed E-state index contributed by atoms with van der Waals surface area (Å²) < 4.78 is 12.3. The predicted molar refractivity (Wildman–Crippen MR) is 133 cm³/mol. The molecule has 1 unspecified atom stereocenters. The maximum absolute atomic E-state index is 14.4. The molecule has 0 radical (unpaired) electrons. The summed E-state index contributed by atoms with van der Waals surface area (Å²) in [4.78, 5) is 45.6. The number of aliphatic hydroxyl groups excluding tert-OH is 1. The first-order valence-corrected chi connectivity index (χ1v) is 13.7. The smallest absolute Gasteiger partial charge is 0.313 e. The molecule has 0 aromatic rings. The van der Waals surface area contributed by atoms with Gasteiger partial charge in [0.1, 0.15) is 17.6 Å². The molecule has 8 nitrogen and oxygen atoms in total. The number of hydrogen-bond donors (Lipinski definition) is 1. The molecule has 0 aromatic carbocycles. The monoisotopic (exact) mass is 500 g/mol. The summed E-state index contributed by atoms with van der Waals surface area (Å²) >= 11 is 0. The summed E-state index contributed by atoms with van der Waals surface area (Å²) in [5.74, 6) is -2.46. The minimum atomic E-state index is -1.30. The van der Waals surface area contributed by atoms with Crippen molar-refractivity contribution in [1.29, 1.82) is 0 Å². The van der Waals surface area contributed by atoms with E-state index in [4.69, 9.17) is 9.47 Å². The highest BCUT2D eigenvalue weighted by molar-refractivity contribution is 5.99. The Hall–Kier alpha value is -2.19. The highest BCUT2D eigenvalue weighted by Gasteiger charge is 2.75. The molecule has 198 valence electrons. The molecular formula is C28H40N2O6. The zero-order valence-corrected chi connectivity index (χ0v) is 21.7. The second-order valence-electron chi connectivity index (χ2n) is 11.8. The normalized spacial score (nSPS) is 37.8. The number of esters is 1. The Morgan fingerprint density at radius 1 is 1.06 bits per heavy atom. The van der Waals surface area contributed by atoms with E-state index >= 15 is 0 Å². The van der Waals surface area contributed by atoms with Crippen LogP contribution in [0.15, 0.2) is 24.3 Å². The molecule has 2 amide bonds. The molecule has 5 rings (SSSR count). The van der Waals surface area contributed by atoms with Crippen LogP contribution in [-0.4, -0.2) is 81.8 Å². The summed E-state index contributed by atoms with van der Waals surface area (Å²) in [6.07, 6.45) is 14.0. The number of carbonyl (C=O) groups excluding carboxylic acids is 3. The van der Waals surface area contributed by atoms with E-state index in [1.54, 1.807) is 4.90 Å². The summed E-state index contributed by atoms with van der Waals surface area (Å²) in [6.45, 7) is 6.34. The van der Waals surface area contributed by atoms with Gasteiger partial charge in [0.15, 0.2) is 0 Å². The van der Waals surface area contributed by atoms with Crippen LogP contribution in [0.1, 0.15) is 65.7 Å². The SMILES string of the molecule is CC(C)C[C@H](CO)N1C(=O)[C@@H]2[C@H]3C(=O)OCCC=C[C@@]3(C)O[C@@]23C=CCN(C2CCCCC2)C(=O)C13. The van der Waals surface area contributed by atoms with Crippen LogP contribution in [0, 0.1) is 17.8 Å². The number of nitrogens with zero attached hydrogens (tertiary/aromatic N) is 2. The average molecular weight is 501 g/mol. The van der Waals surface area contributed by atoms with Crippen molar-refractivity contribution in [2.75, 3.05) is 19.8 Å². The minimum Gasteiger partial charge on any atom is -0.465 e. The van der Waals surface area contributed by atoms with Crippen molar-refractivity contribution >= 4 is 17.8 Å². The van der Waals surface area contributed by atoms with E-state index in [1.807, 2.05) is 50.0 Å². The third-order valence-corrected chi connectivity index (χ3v) is 8.85. The fraction of sp³-hybridized carbons (Fsp3) is 0.750. The van der Waals surface area contributed by atoms with Crippen LogP contribution in [0.25, 0.3) is 0 Å². The molecule has 6 atom stereocenters. The van der Waals surface area contributed by atoms with Gasteiger partial charge in [0, 0.05) is 12.6 Å². The third-order valence-electron chi connectivity index (χ3n) is 8.85. The van der Waals surface area contributed by atoms with Crippen LogP contribution in [0.4, 0.5) is 0 Å². The zero-order valence-electron chi connectivity index (χ0n) is 21.7. The number of carbonyl (C=O) groups is 3. The van der Waals surface area contributed by atoms with E-state index in [0.717, 1.165) is 25.7 Å². The average Bonchev–Trinajstić information content (AvgIpc) is 3.17. The molecule has 4 aliphatic heterocycles. The number of aliphatic hydroxyl groups is 1. The molecule has 0 aromatic heterocycles. The van der Waals surface area contributed by atoms with Crippen molar-refractivity contribution in [2.24, 2.45) is 17.8 Å². The maximum atomic E-state index is 14.4. The van der Waals surface area contributed by atoms with Crippen molar-refractivity contribution in [2.45, 2.75) is 95.0 Å². The number of fused-ring (bicyclic) bond motifs is 2. The van der Waals surface area contributed by atoms with Gasteiger partial charge in [-0.3, -0.25) is 14.4 Å². The van der Waals surface area contributed by atoms with Crippen LogP contribution < -0.4 is 0 Å². The maximum Gasteiger partial charge on any atom is 0.313 e. The molecule has 1 aliphatic carbocycles. The van der Waals surface area contributed by atoms with Gasteiger partial charge in [-0.2, -0.15) is 0 Å². The molecule has 3 fully saturated rings. The second-order valence-corrected chi connectivity index (χ2v) is 11.8. The molecule has 2 saturated heterocycles. The molecule has 36 heavy (non-hydrogen) atoms. The number of amides is 2. The Morgan fingerprint density at radius 3 is 2.50 bits per heavy atom. The van der Waals surface area contributed by atoms with Gasteiger partial charge < -0.3 is 24.4 Å². The Labute approximate surface area is 213 Å². The quantitative estimate of drug-likeness (QED) is 0.461. The highest BCUT2D eigenvalue weighted by atomic mass is 16.6. The molecule has 5 aliphatic rings. The van der Waals surface area contributed by atoms with E-state index in [0.29, 0.717) is 19.4 Å². The van der Waals surface area contributed by atoms with Gasteiger partial charge in [-0.05, 0) is 38.5 Å². The van der Waals surface area contributed by atoms with E-state index in [1.165, 1.54) is 6.42 Å². The van der Waals surface area contributed by atoms with Gasteiger partial charge in [-0.15, -0.1) is 0 Å². The number of rotatable bonds is 5. The number of likely N-dealkylation sites (tertiary alicyclic amines) is 1. The van der Waals surface area contributed by atoms with Gasteiger partial charge in [-0.1, -0.05) is 57.4 Å². The molecule has 4 heterocycles. The summed E-state index contributed by atoms with van der Waals surface area (Å²) in [6, 6.07) is -1.35. The van der Waals surface area contributed by atoms with Crippen LogP contribution in [-0.2, 0) is 23.9 Å². The largest absolute Gasteiger partial charge is 0.465 e. The molecule has 0 bridgehead atoms. The molecule has 1 N–H and O–H groups in total. The first-order valence-electron chi connectivity index (χ1n) is 13.7. The minimum absolute atomic E-state index is 0.121. The second kappa shape index (κ2) is 9.60. The standard InChI is InChI=1S/C28H40N2O6/c1-18(2)16-20(17-31)30-23-25(33)29(19-10-5-4-6-11-19)14-9-13-28(23)21(24(30)32)22-26(34)35-15-8-7-12-27(22,3)36-28/h7,9,12-13,18-23,31H,4-6,8,10-11,14-17H2,1-3H3/t20-,21+,22+,23?,27-,28+/m1/s1. The summed E-state index contributed by atoms with van der Waals surface area (Å²) in [7, 11) is 0. The summed E-state index contributed by atoms with van der Waals surface area (Å²) in [5.41, 5.74) is -2.37. The fourth-order valence-electron chi connectivity index (χ4n) is 7.38. The number of hydrogen-bond acceptors (Lipinski definition) is 6. The van der Waals surface area contributed by atoms with E-state index < -0.39 is 41.1 Å². The van der Waals surface area contributed by atoms with Crippen LogP contribution in [0.2, 0.25) is 0 Å². The van der Waals surface area contributed by atoms with Gasteiger partial charge in [0.25, 0.3) is 0 Å². The zero-order chi connectivity index (χ0) is 25.7. The van der Waals surface area contributed by atoms with Crippen molar-refractivity contribution in [1.82, 2.24) is 9.80 Å². The molecular weight excluding hydrogens is 460 g/mol. The van der Waals surface area contributed by atoms with Gasteiger partial charge >= 0.3 is 5.97 Å². The van der Waals surface area contributed by atoms with Crippen molar-refractivity contribution in [3.63, 3.8) is 0 Å². The Bertz CT molecular complexity index is 956. The van der Waals surface area contributed by atoms with E-state index in [9.17, 15) is 19.5 Å². The Morgan fingerprint density at radius 2 is 1.81 bits per heavy atom. The van der Waals surface area contributed by atoms with Gasteiger partial charge in [0.05, 0.1) is 30.8 Å². The first-order chi connectivity index (χ1) is 17.2. The van der Waals surface area contributed by atoms with Crippen molar-refractivity contribution < 1.29 is 29.0 Å². The highest BCUT2D eigenvalue weighted by Crippen LogP contribution is 2.58. The molecule has 1 spiro atoms. The molecule has 1 saturated carbocycles. The van der Waals surface area contributed by atoms with E-state index in [2.05, 4.69) is 0 Å². The predicted octanol–water partition coefficient (Wildman–Crippen LogP) is 2.60. The third kappa shape index (κ3) is 3.92. The van der Waals surface area contributed by atoms with E-state index in [-0.39, 0.29) is 37.0 Å². The number of cyclic esters (lactones) is 1. The van der Waals surface area contributed by atoms with Crippen LogP contribution in [0.3, 0.4) is 0 Å². The topological polar surface area (TPSA) is 96.4 Å². The fourth-order valence-corrected chi connectivity index (χ4v) is 7.38. The lowest BCUT2D eigenvalue weighted by atomic mass is 9.74. The lowest BCUT2D eigenvalue weighted by molar-refractivity contribution is -0.162. The lowest BCUT2D eigenvalue weighted by Crippen LogP contribution is -2.60. The Balaban J connectivity index is 1.64. The van der Waals surface area contributed by atoms with Gasteiger partial charge in [0.2, 0.25) is 11.8 Å². The van der Waals surface area contributed by atoms with Crippen LogP contribution in [0.5, 0.6) is 0 Å². The lowest BCUT2D eigenvalue weighted by Gasteiger charge is -2.42. The van der Waals surface area contributed by atoms with Crippen LogP contribution >= 0.6 is 0 Å². The Kier molecular flexibility index (Phi) is 6.79. The van der Waals surface area contributed by atoms with Crippen molar-refractivity contribution in [3.05, 3.63) is 24.3 Å².